The summed E-state index contributed by atoms with van der Waals surface area (Å²) in [6.45, 7) is 1.47. The number of rotatable bonds is 5. The Morgan fingerprint density at radius 1 is 1.57 bits per heavy atom. The minimum atomic E-state index is -0.914. The molecule has 1 fully saturated rings. The van der Waals surface area contributed by atoms with E-state index in [0.717, 1.165) is 10.6 Å². The van der Waals surface area contributed by atoms with Gasteiger partial charge in [-0.3, -0.25) is 14.3 Å². The van der Waals surface area contributed by atoms with Crippen LogP contribution in [0, 0.1) is 0 Å². The molecule has 2 rings (SSSR count). The summed E-state index contributed by atoms with van der Waals surface area (Å²) < 4.78 is 11.2. The highest BCUT2D eigenvalue weighted by Crippen LogP contribution is 2.27. The van der Waals surface area contributed by atoms with Crippen molar-refractivity contribution in [1.29, 1.82) is 0 Å². The zero-order valence-corrected chi connectivity index (χ0v) is 12.5. The second-order valence-electron chi connectivity index (χ2n) is 4.95. The number of aliphatic hydroxyl groups excluding tert-OH is 2. The smallest absolute Gasteiger partial charge is 0.330 e. The van der Waals surface area contributed by atoms with Crippen molar-refractivity contribution in [2.75, 3.05) is 13.2 Å². The van der Waals surface area contributed by atoms with Crippen LogP contribution < -0.4 is 11.2 Å². The number of aromatic nitrogens is 2. The molecule has 9 nitrogen and oxygen atoms in total. The molecule has 0 saturated carbocycles. The minimum Gasteiger partial charge on any atom is -0.463 e. The summed E-state index contributed by atoms with van der Waals surface area (Å²) in [5, 5.41) is 18.8. The first kappa shape index (κ1) is 17.1. The van der Waals surface area contributed by atoms with Crippen LogP contribution in [0.3, 0.4) is 0 Å². The molecule has 1 aliphatic heterocycles. The fourth-order valence-electron chi connectivity index (χ4n) is 2.23. The molecular formula is C14H18N2O7. The maximum atomic E-state index is 11.9. The monoisotopic (exact) mass is 326 g/mol. The van der Waals surface area contributed by atoms with Crippen LogP contribution in [0.2, 0.25) is 0 Å². The lowest BCUT2D eigenvalue weighted by atomic mass is 10.2. The zero-order valence-electron chi connectivity index (χ0n) is 12.5. The number of aromatic amines is 1. The molecule has 9 heteroatoms. The maximum absolute atomic E-state index is 11.9. The molecule has 126 valence electrons. The number of carbonyl (C=O) groups excluding carboxylic acids is 1. The molecule has 0 aliphatic carbocycles. The first-order chi connectivity index (χ1) is 11.0. The van der Waals surface area contributed by atoms with Crippen LogP contribution in [-0.2, 0) is 14.3 Å². The molecule has 0 bridgehead atoms. The molecule has 23 heavy (non-hydrogen) atoms. The molecule has 0 aromatic carbocycles. The quantitative estimate of drug-likeness (QED) is 0.455. The van der Waals surface area contributed by atoms with Gasteiger partial charge in [0.25, 0.3) is 5.56 Å². The number of carbonyl (C=O) groups is 1. The van der Waals surface area contributed by atoms with Crippen LogP contribution in [0.5, 0.6) is 0 Å². The largest absolute Gasteiger partial charge is 0.463 e. The number of nitrogens with zero attached hydrogens (tertiary/aromatic N) is 1. The molecule has 3 N–H and O–H groups in total. The predicted molar refractivity (Wildman–Crippen MR) is 78.6 cm³/mol. The first-order valence-electron chi connectivity index (χ1n) is 7.11. The van der Waals surface area contributed by atoms with E-state index >= 15 is 0 Å². The third-order valence-corrected chi connectivity index (χ3v) is 3.38. The summed E-state index contributed by atoms with van der Waals surface area (Å²) in [5.41, 5.74) is -1.31. The van der Waals surface area contributed by atoms with Crippen LogP contribution >= 0.6 is 0 Å². The number of H-pyrrole nitrogens is 1. The molecular weight excluding hydrogens is 308 g/mol. The lowest BCUT2D eigenvalue weighted by Gasteiger charge is -2.14. The second-order valence-corrected chi connectivity index (χ2v) is 4.95. The standard InChI is InChI=1S/C14H18N2O7/c1-2-22-12(19)4-3-8-6-16(14(21)15-13(8)20)11-5-9(18)10(7-17)23-11/h3-4,6,9-11,17-18H,2,5,7H2,1H3,(H,15,20,21)/t9-,10+,11+/m1/s1. The number of esters is 1. The van der Waals surface area contributed by atoms with Gasteiger partial charge in [-0.15, -0.1) is 0 Å². The van der Waals surface area contributed by atoms with Crippen molar-refractivity contribution in [2.45, 2.75) is 31.8 Å². The van der Waals surface area contributed by atoms with E-state index in [1.165, 1.54) is 12.3 Å². The van der Waals surface area contributed by atoms with Crippen molar-refractivity contribution in [3.05, 3.63) is 38.7 Å². The van der Waals surface area contributed by atoms with E-state index in [1.54, 1.807) is 6.92 Å². The summed E-state index contributed by atoms with van der Waals surface area (Å²) in [7, 11) is 0. The van der Waals surface area contributed by atoms with Crippen molar-refractivity contribution >= 4 is 12.0 Å². The molecule has 3 atom stereocenters. The van der Waals surface area contributed by atoms with Gasteiger partial charge in [0, 0.05) is 18.7 Å². The van der Waals surface area contributed by atoms with Crippen LogP contribution in [-0.4, -0.2) is 51.2 Å². The molecule has 1 aromatic heterocycles. The van der Waals surface area contributed by atoms with Gasteiger partial charge in [-0.1, -0.05) is 0 Å². The van der Waals surface area contributed by atoms with E-state index in [4.69, 9.17) is 14.6 Å². The zero-order chi connectivity index (χ0) is 17.0. The van der Waals surface area contributed by atoms with Crippen molar-refractivity contribution in [3.8, 4) is 0 Å². The van der Waals surface area contributed by atoms with E-state index in [1.807, 2.05) is 0 Å². The van der Waals surface area contributed by atoms with Crippen molar-refractivity contribution < 1.29 is 24.5 Å². The Morgan fingerprint density at radius 3 is 2.91 bits per heavy atom. The molecule has 1 aromatic rings. The van der Waals surface area contributed by atoms with Gasteiger partial charge in [-0.05, 0) is 13.0 Å². The number of hydrogen-bond acceptors (Lipinski definition) is 7. The van der Waals surface area contributed by atoms with E-state index in [-0.39, 0.29) is 25.2 Å². The summed E-state index contributed by atoms with van der Waals surface area (Å²) in [6, 6.07) is 0. The van der Waals surface area contributed by atoms with Crippen molar-refractivity contribution in [3.63, 3.8) is 0 Å². The van der Waals surface area contributed by atoms with Crippen molar-refractivity contribution in [2.24, 2.45) is 0 Å². The van der Waals surface area contributed by atoms with Crippen molar-refractivity contribution in [1.82, 2.24) is 9.55 Å². The average Bonchev–Trinajstić information content (AvgIpc) is 2.87. The fourth-order valence-corrected chi connectivity index (χ4v) is 2.23. The molecule has 0 spiro atoms. The summed E-state index contributed by atoms with van der Waals surface area (Å²) in [4.78, 5) is 37.0. The third-order valence-electron chi connectivity index (χ3n) is 3.38. The first-order valence-corrected chi connectivity index (χ1v) is 7.11. The van der Waals surface area contributed by atoms with Gasteiger partial charge in [0.15, 0.2) is 0 Å². The van der Waals surface area contributed by atoms with Crippen LogP contribution in [0.4, 0.5) is 0 Å². The SMILES string of the molecule is CCOC(=O)C=Cc1cn([C@@H]2C[C@@H](O)[C@H](CO)O2)c(=O)[nH]c1=O. The molecule has 0 unspecified atom stereocenters. The summed E-state index contributed by atoms with van der Waals surface area (Å²) >= 11 is 0. The van der Waals surface area contributed by atoms with Gasteiger partial charge < -0.3 is 19.7 Å². The Balaban J connectivity index is 2.29. The Bertz CT molecular complexity index is 706. The molecule has 1 saturated heterocycles. The second kappa shape index (κ2) is 7.36. The van der Waals surface area contributed by atoms with Gasteiger partial charge in [0.1, 0.15) is 12.3 Å². The fraction of sp³-hybridized carbons (Fsp3) is 0.500. The number of hydrogen-bond donors (Lipinski definition) is 3. The Kier molecular flexibility index (Phi) is 5.48. The molecule has 0 radical (unpaired) electrons. The van der Waals surface area contributed by atoms with Crippen LogP contribution in [0.15, 0.2) is 21.9 Å². The Hall–Kier alpha value is -2.23. The Labute approximate surface area is 130 Å². The van der Waals surface area contributed by atoms with E-state index in [2.05, 4.69) is 4.98 Å². The number of ether oxygens (including phenoxy) is 2. The van der Waals surface area contributed by atoms with Gasteiger partial charge in [-0.25, -0.2) is 9.59 Å². The highest BCUT2D eigenvalue weighted by Gasteiger charge is 2.35. The van der Waals surface area contributed by atoms with E-state index < -0.39 is 35.7 Å². The number of nitrogens with one attached hydrogen (secondary N) is 1. The van der Waals surface area contributed by atoms with Gasteiger partial charge in [0.2, 0.25) is 0 Å². The highest BCUT2D eigenvalue weighted by molar-refractivity contribution is 5.86. The maximum Gasteiger partial charge on any atom is 0.330 e. The summed E-state index contributed by atoms with van der Waals surface area (Å²) in [6.07, 6.45) is 1.10. The van der Waals surface area contributed by atoms with Crippen LogP contribution in [0.1, 0.15) is 25.1 Å². The molecule has 2 heterocycles. The topological polar surface area (TPSA) is 131 Å². The normalized spacial score (nSPS) is 24.2. The third kappa shape index (κ3) is 3.95. The number of aliphatic hydroxyl groups is 2. The summed E-state index contributed by atoms with van der Waals surface area (Å²) in [5.74, 6) is -0.613. The molecule has 0 amide bonds. The van der Waals surface area contributed by atoms with Gasteiger partial charge in [-0.2, -0.15) is 0 Å². The Morgan fingerprint density at radius 2 is 2.30 bits per heavy atom. The average molecular weight is 326 g/mol. The van der Waals surface area contributed by atoms with E-state index in [9.17, 15) is 19.5 Å². The lowest BCUT2D eigenvalue weighted by Crippen LogP contribution is -2.33. The van der Waals surface area contributed by atoms with Gasteiger partial charge >= 0.3 is 11.7 Å². The van der Waals surface area contributed by atoms with Crippen LogP contribution in [0.25, 0.3) is 6.08 Å². The minimum absolute atomic E-state index is 0.0585. The highest BCUT2D eigenvalue weighted by atomic mass is 16.5. The predicted octanol–water partition coefficient (Wildman–Crippen LogP) is -1.25. The molecule has 1 aliphatic rings. The van der Waals surface area contributed by atoms with E-state index in [0.29, 0.717) is 0 Å². The lowest BCUT2D eigenvalue weighted by molar-refractivity contribution is -0.137. The van der Waals surface area contributed by atoms with Gasteiger partial charge in [0.05, 0.1) is 24.9 Å².